The maximum absolute atomic E-state index is 12.6. The van der Waals surface area contributed by atoms with Gasteiger partial charge in [-0.2, -0.15) is 13.2 Å². The lowest BCUT2D eigenvalue weighted by atomic mass is 10.0. The number of rotatable bonds is 5. The highest BCUT2D eigenvalue weighted by Gasteiger charge is 2.30. The summed E-state index contributed by atoms with van der Waals surface area (Å²) in [7, 11) is 0. The average molecular weight is 363 g/mol. The molecule has 1 aromatic carbocycles. The Hall–Kier alpha value is -2.97. The number of imidazole rings is 1. The Morgan fingerprint density at radius 2 is 1.88 bits per heavy atom. The van der Waals surface area contributed by atoms with Gasteiger partial charge in [-0.05, 0) is 37.5 Å². The second-order valence-electron chi connectivity index (χ2n) is 5.94. The molecule has 9 heteroatoms. The van der Waals surface area contributed by atoms with E-state index in [-0.39, 0.29) is 11.6 Å². The number of nitrogens with zero attached hydrogens (tertiary/aromatic N) is 4. The van der Waals surface area contributed by atoms with Gasteiger partial charge in [0.15, 0.2) is 17.2 Å². The van der Waals surface area contributed by atoms with Crippen LogP contribution in [0, 0.1) is 0 Å². The number of anilines is 1. The number of alkyl halides is 3. The smallest absolute Gasteiger partial charge is 0.382 e. The van der Waals surface area contributed by atoms with Gasteiger partial charge in [0.05, 0.1) is 17.9 Å². The molecule has 136 valence electrons. The summed E-state index contributed by atoms with van der Waals surface area (Å²) >= 11 is 0. The van der Waals surface area contributed by atoms with E-state index in [1.54, 1.807) is 4.57 Å². The SMILES string of the molecule is CC(=O)[C@@H](CCc1ccc(C(F)(F)F)cc1)n1cnc2c(N)ncnc21. The van der Waals surface area contributed by atoms with Gasteiger partial charge in [0.25, 0.3) is 0 Å². The summed E-state index contributed by atoms with van der Waals surface area (Å²) in [5, 5.41) is 0. The van der Waals surface area contributed by atoms with Gasteiger partial charge in [0.2, 0.25) is 0 Å². The highest BCUT2D eigenvalue weighted by atomic mass is 19.4. The van der Waals surface area contributed by atoms with E-state index in [4.69, 9.17) is 5.73 Å². The van der Waals surface area contributed by atoms with Crippen molar-refractivity contribution < 1.29 is 18.0 Å². The third kappa shape index (κ3) is 3.51. The number of carbonyl (C=O) groups is 1. The number of carbonyl (C=O) groups excluding carboxylic acids is 1. The molecular formula is C17H16F3N5O. The number of hydrogen-bond acceptors (Lipinski definition) is 5. The second kappa shape index (κ2) is 6.74. The van der Waals surface area contributed by atoms with E-state index >= 15 is 0 Å². The van der Waals surface area contributed by atoms with Gasteiger partial charge in [-0.25, -0.2) is 15.0 Å². The Bertz CT molecular complexity index is 934. The third-order valence-electron chi connectivity index (χ3n) is 4.18. The maximum atomic E-state index is 12.6. The average Bonchev–Trinajstić information content (AvgIpc) is 3.00. The van der Waals surface area contributed by atoms with Gasteiger partial charge in [-0.3, -0.25) is 4.79 Å². The van der Waals surface area contributed by atoms with E-state index in [1.165, 1.54) is 31.7 Å². The number of halogens is 3. The van der Waals surface area contributed by atoms with E-state index in [1.807, 2.05) is 0 Å². The summed E-state index contributed by atoms with van der Waals surface area (Å²) in [6.07, 6.45) is -0.758. The van der Waals surface area contributed by atoms with E-state index < -0.39 is 17.8 Å². The molecule has 1 atom stereocenters. The van der Waals surface area contributed by atoms with Gasteiger partial charge in [0, 0.05) is 0 Å². The maximum Gasteiger partial charge on any atom is 0.416 e. The predicted octanol–water partition coefficient (Wildman–Crippen LogP) is 3.19. The van der Waals surface area contributed by atoms with Crippen LogP contribution in [0.5, 0.6) is 0 Å². The van der Waals surface area contributed by atoms with Crippen molar-refractivity contribution in [3.63, 3.8) is 0 Å². The summed E-state index contributed by atoms with van der Waals surface area (Å²) in [4.78, 5) is 24.2. The van der Waals surface area contributed by atoms with Crippen LogP contribution in [0.25, 0.3) is 11.2 Å². The molecule has 0 aliphatic carbocycles. The first kappa shape index (κ1) is 17.8. The standard InChI is InChI=1S/C17H16F3N5O/c1-10(26)13(25-9-24-14-15(21)22-8-23-16(14)25)7-4-11-2-5-12(6-3-11)17(18,19)20/h2-3,5-6,8-9,13H,4,7H2,1H3,(H2,21,22,23)/t13-/m1/s1. The van der Waals surface area contributed by atoms with Crippen LogP contribution in [0.4, 0.5) is 19.0 Å². The molecular weight excluding hydrogens is 347 g/mol. The number of aromatic nitrogens is 4. The molecule has 0 saturated heterocycles. The molecule has 2 N–H and O–H groups in total. The molecule has 0 aliphatic heterocycles. The molecule has 6 nitrogen and oxygen atoms in total. The van der Waals surface area contributed by atoms with Gasteiger partial charge < -0.3 is 10.3 Å². The molecule has 2 aromatic heterocycles. The monoisotopic (exact) mass is 363 g/mol. The molecule has 0 aliphatic rings. The van der Waals surface area contributed by atoms with E-state index in [2.05, 4.69) is 15.0 Å². The lowest BCUT2D eigenvalue weighted by molar-refractivity contribution is -0.137. The number of Topliss-reactive ketones (excluding diaryl/α,β-unsaturated/α-hetero) is 1. The molecule has 0 bridgehead atoms. The van der Waals surface area contributed by atoms with Gasteiger partial charge in [-0.15, -0.1) is 0 Å². The van der Waals surface area contributed by atoms with Crippen molar-refractivity contribution >= 4 is 22.8 Å². The van der Waals surface area contributed by atoms with Crippen molar-refractivity contribution in [2.75, 3.05) is 5.73 Å². The minimum atomic E-state index is -4.37. The van der Waals surface area contributed by atoms with Crippen LogP contribution in [0.3, 0.4) is 0 Å². The first-order chi connectivity index (χ1) is 12.3. The molecule has 0 radical (unpaired) electrons. The van der Waals surface area contributed by atoms with Crippen LogP contribution >= 0.6 is 0 Å². The highest BCUT2D eigenvalue weighted by Crippen LogP contribution is 2.29. The minimum Gasteiger partial charge on any atom is -0.382 e. The van der Waals surface area contributed by atoms with Gasteiger partial charge >= 0.3 is 6.18 Å². The van der Waals surface area contributed by atoms with Crippen LogP contribution in [0.15, 0.2) is 36.9 Å². The molecule has 0 spiro atoms. The first-order valence-electron chi connectivity index (χ1n) is 7.87. The quantitative estimate of drug-likeness (QED) is 0.752. The lowest BCUT2D eigenvalue weighted by Gasteiger charge is -2.16. The lowest BCUT2D eigenvalue weighted by Crippen LogP contribution is -2.17. The summed E-state index contributed by atoms with van der Waals surface area (Å²) < 4.78 is 39.5. The largest absolute Gasteiger partial charge is 0.416 e. The summed E-state index contributed by atoms with van der Waals surface area (Å²) in [5.41, 5.74) is 6.63. The molecule has 0 amide bonds. The Morgan fingerprint density at radius 3 is 2.50 bits per heavy atom. The van der Waals surface area contributed by atoms with Gasteiger partial charge in [0.1, 0.15) is 11.8 Å². The number of fused-ring (bicyclic) bond motifs is 1. The molecule has 26 heavy (non-hydrogen) atoms. The van der Waals surface area contributed by atoms with Crippen LogP contribution in [0.1, 0.15) is 30.5 Å². The number of benzene rings is 1. The van der Waals surface area contributed by atoms with Crippen molar-refractivity contribution in [3.8, 4) is 0 Å². The molecule has 2 heterocycles. The predicted molar refractivity (Wildman–Crippen MR) is 89.2 cm³/mol. The Morgan fingerprint density at radius 1 is 1.19 bits per heavy atom. The van der Waals surface area contributed by atoms with Crippen LogP contribution in [-0.2, 0) is 17.4 Å². The fourth-order valence-electron chi connectivity index (χ4n) is 2.80. The molecule has 0 fully saturated rings. The van der Waals surface area contributed by atoms with E-state index in [0.29, 0.717) is 29.6 Å². The van der Waals surface area contributed by atoms with Crippen molar-refractivity contribution in [1.82, 2.24) is 19.5 Å². The van der Waals surface area contributed by atoms with Crippen molar-refractivity contribution in [3.05, 3.63) is 48.0 Å². The van der Waals surface area contributed by atoms with Crippen LogP contribution < -0.4 is 5.73 Å². The summed E-state index contributed by atoms with van der Waals surface area (Å²) in [6, 6.07) is 4.38. The summed E-state index contributed by atoms with van der Waals surface area (Å²) in [5.74, 6) is 0.118. The van der Waals surface area contributed by atoms with Gasteiger partial charge in [-0.1, -0.05) is 12.1 Å². The van der Waals surface area contributed by atoms with Crippen LogP contribution in [-0.4, -0.2) is 25.3 Å². The fourth-order valence-corrected chi connectivity index (χ4v) is 2.80. The fraction of sp³-hybridized carbons (Fsp3) is 0.294. The number of nitrogens with two attached hydrogens (primary N) is 1. The van der Waals surface area contributed by atoms with Crippen molar-refractivity contribution in [2.45, 2.75) is 32.0 Å². The second-order valence-corrected chi connectivity index (χ2v) is 5.94. The first-order valence-corrected chi connectivity index (χ1v) is 7.87. The Labute approximate surface area is 146 Å². The molecule has 0 unspecified atom stereocenters. The minimum absolute atomic E-state index is 0.103. The number of ketones is 1. The van der Waals surface area contributed by atoms with Crippen molar-refractivity contribution in [1.29, 1.82) is 0 Å². The van der Waals surface area contributed by atoms with Crippen molar-refractivity contribution in [2.24, 2.45) is 0 Å². The van der Waals surface area contributed by atoms with E-state index in [0.717, 1.165) is 12.1 Å². The Kier molecular flexibility index (Phi) is 4.62. The zero-order valence-electron chi connectivity index (χ0n) is 13.9. The topological polar surface area (TPSA) is 86.7 Å². The summed E-state index contributed by atoms with van der Waals surface area (Å²) in [6.45, 7) is 1.45. The number of nitrogen functional groups attached to an aromatic ring is 1. The highest BCUT2D eigenvalue weighted by molar-refractivity contribution is 5.85. The zero-order chi connectivity index (χ0) is 18.9. The molecule has 3 aromatic rings. The third-order valence-corrected chi connectivity index (χ3v) is 4.18. The van der Waals surface area contributed by atoms with Crippen LogP contribution in [0.2, 0.25) is 0 Å². The number of hydrogen-bond donors (Lipinski definition) is 1. The normalized spacial score (nSPS) is 13.1. The number of aryl methyl sites for hydroxylation is 1. The Balaban J connectivity index is 1.81. The zero-order valence-corrected chi connectivity index (χ0v) is 13.9. The van der Waals surface area contributed by atoms with E-state index in [9.17, 15) is 18.0 Å². The molecule has 0 saturated carbocycles. The molecule has 3 rings (SSSR count).